The lowest BCUT2D eigenvalue weighted by Gasteiger charge is -2.35. The van der Waals surface area contributed by atoms with Crippen LogP contribution in [0.2, 0.25) is 0 Å². The molecule has 3 aliphatic carbocycles. The number of hydrogen-bond acceptors (Lipinski definition) is 6. The molecule has 1 unspecified atom stereocenters. The highest BCUT2D eigenvalue weighted by Crippen LogP contribution is 2.59. The Morgan fingerprint density at radius 3 is 2.16 bits per heavy atom. The van der Waals surface area contributed by atoms with Crippen LogP contribution in [0.1, 0.15) is 115 Å². The van der Waals surface area contributed by atoms with Gasteiger partial charge in [0, 0.05) is 29.3 Å². The molecule has 4 fully saturated rings. The van der Waals surface area contributed by atoms with Gasteiger partial charge in [-0.25, -0.2) is 19.6 Å². The lowest BCUT2D eigenvalue weighted by Crippen LogP contribution is -2.43. The molecule has 2 aliphatic heterocycles. The molecule has 2 saturated heterocycles. The fourth-order valence-electron chi connectivity index (χ4n) is 9.84. The molecule has 2 N–H and O–H groups in total. The zero-order chi connectivity index (χ0) is 39.8. The van der Waals surface area contributed by atoms with Crippen molar-refractivity contribution >= 4 is 23.2 Å². The largest absolute Gasteiger partial charge is 0.444 e. The Morgan fingerprint density at radius 1 is 0.807 bits per heavy atom. The minimum absolute atomic E-state index is 0.0356. The molecule has 2 bridgehead atoms. The third-order valence-electron chi connectivity index (χ3n) is 12.6. The number of benzene rings is 3. The average Bonchev–Trinajstić information content (AvgIpc) is 3.78. The van der Waals surface area contributed by atoms with Crippen LogP contribution in [0.5, 0.6) is 0 Å². The van der Waals surface area contributed by atoms with Gasteiger partial charge in [0.1, 0.15) is 22.9 Å². The highest BCUT2D eigenvalue weighted by Gasteiger charge is 2.55. The van der Waals surface area contributed by atoms with Crippen LogP contribution in [0.25, 0.3) is 44.5 Å². The molecule has 5 aromatic rings. The minimum atomic E-state index is -3.23. The number of carbonyl (C=O) groups excluding carboxylic acids is 2. The smallest absolute Gasteiger partial charge is 0.411 e. The summed E-state index contributed by atoms with van der Waals surface area (Å²) in [6.07, 6.45) is 6.83. The van der Waals surface area contributed by atoms with Crippen LogP contribution in [0.15, 0.2) is 60.8 Å². The Morgan fingerprint density at radius 2 is 1.46 bits per heavy atom. The van der Waals surface area contributed by atoms with E-state index < -0.39 is 17.1 Å². The molecule has 10 nitrogen and oxygen atoms in total. The maximum atomic E-state index is 16.5. The molecule has 296 valence electrons. The summed E-state index contributed by atoms with van der Waals surface area (Å²) in [6, 6.07) is 15.9. The first-order chi connectivity index (χ1) is 27.0. The summed E-state index contributed by atoms with van der Waals surface area (Å²) in [5.74, 6) is -1.56. The summed E-state index contributed by atoms with van der Waals surface area (Å²) < 4.78 is 44.5. The average molecular weight is 775 g/mol. The Hall–Kier alpha value is -5.26. The fraction of sp³-hybridized carbons (Fsp3) is 0.467. The van der Waals surface area contributed by atoms with Crippen molar-refractivity contribution in [3.05, 3.63) is 83.6 Å². The van der Waals surface area contributed by atoms with Gasteiger partial charge < -0.3 is 19.4 Å². The molecule has 1 spiro atoms. The standard InChI is InChI=1S/C45H48F2N6O4/c1-42(2,3)56-40(54)52-23-44(15-16-44)21-36(52)38-48-22-35(51-38)26-9-13-30-29-12-8-24(18-31(29)45(46,47)32(30)19-26)25-10-14-33-34(20-25)50-39(49-33)37-27-7-11-28(17-27)53(37)41(55)57-43(4,5)6/h8-10,12-14,18-20,22,27-28,36-37H,7,11,15-17,21,23H2,1-6H3,(H,48,51)(H,49,50)/t27-,28+,36?,37-/m0/s1. The van der Waals surface area contributed by atoms with Crippen molar-refractivity contribution in [2.45, 2.75) is 115 Å². The lowest BCUT2D eigenvalue weighted by molar-refractivity contribution is 0.00615. The number of likely N-dealkylation sites (tertiary alicyclic amines) is 2. The van der Waals surface area contributed by atoms with Crippen LogP contribution in [0.3, 0.4) is 0 Å². The highest BCUT2D eigenvalue weighted by molar-refractivity contribution is 5.87. The number of imidazole rings is 2. The molecule has 10 rings (SSSR count). The van der Waals surface area contributed by atoms with Crippen molar-refractivity contribution in [3.63, 3.8) is 0 Å². The van der Waals surface area contributed by atoms with Gasteiger partial charge in [-0.2, -0.15) is 8.78 Å². The number of carbonyl (C=O) groups is 2. The molecule has 5 aliphatic rings. The van der Waals surface area contributed by atoms with Crippen LogP contribution in [-0.4, -0.2) is 65.7 Å². The number of aromatic amines is 2. The first-order valence-electron chi connectivity index (χ1n) is 20.2. The van der Waals surface area contributed by atoms with Crippen molar-refractivity contribution in [1.29, 1.82) is 0 Å². The zero-order valence-electron chi connectivity index (χ0n) is 33.2. The van der Waals surface area contributed by atoms with Gasteiger partial charge in [-0.3, -0.25) is 9.80 Å². The molecule has 4 heterocycles. The highest BCUT2D eigenvalue weighted by atomic mass is 19.3. The molecule has 2 aromatic heterocycles. The predicted molar refractivity (Wildman–Crippen MR) is 211 cm³/mol. The van der Waals surface area contributed by atoms with Gasteiger partial charge in [-0.05, 0) is 138 Å². The molecular formula is C45H48F2N6O4. The number of nitrogens with zero attached hydrogens (tertiary/aromatic N) is 4. The van der Waals surface area contributed by atoms with Gasteiger partial charge in [0.05, 0.1) is 35.0 Å². The van der Waals surface area contributed by atoms with Gasteiger partial charge in [-0.15, -0.1) is 0 Å². The molecule has 4 atom stereocenters. The number of alkyl halides is 2. The van der Waals surface area contributed by atoms with Gasteiger partial charge in [0.25, 0.3) is 5.92 Å². The minimum Gasteiger partial charge on any atom is -0.444 e. The van der Waals surface area contributed by atoms with E-state index in [0.29, 0.717) is 46.2 Å². The number of nitrogens with one attached hydrogen (secondary N) is 2. The number of ether oxygens (including phenoxy) is 2. The number of H-pyrrole nitrogens is 2. The predicted octanol–water partition coefficient (Wildman–Crippen LogP) is 10.7. The maximum Gasteiger partial charge on any atom is 0.411 e. The van der Waals surface area contributed by atoms with E-state index in [1.165, 1.54) is 0 Å². The fourth-order valence-corrected chi connectivity index (χ4v) is 9.84. The Kier molecular flexibility index (Phi) is 7.68. The monoisotopic (exact) mass is 774 g/mol. The van der Waals surface area contributed by atoms with Gasteiger partial charge in [0.15, 0.2) is 0 Å². The van der Waals surface area contributed by atoms with E-state index in [0.717, 1.165) is 60.9 Å². The number of halogens is 2. The third kappa shape index (κ3) is 6.09. The second-order valence-corrected chi connectivity index (χ2v) is 19.0. The SMILES string of the molecule is CC(C)(C)OC(=O)N1CC2(CC2)CC1c1ncc(-c2ccc3c(c2)C(F)(F)c2cc(-c4ccc5nc([C@@H]6[C@H]7CC[C@H](C7)N6C(=O)OC(C)(C)C)[nH]c5c4)ccc2-3)[nH]1. The molecule has 3 aromatic carbocycles. The van der Waals surface area contributed by atoms with Crippen LogP contribution in [0, 0.1) is 11.3 Å². The molecule has 0 radical (unpaired) electrons. The van der Waals surface area contributed by atoms with Gasteiger partial charge in [0.2, 0.25) is 0 Å². The van der Waals surface area contributed by atoms with Crippen LogP contribution < -0.4 is 0 Å². The lowest BCUT2D eigenvalue weighted by atomic mass is 9.98. The van der Waals surface area contributed by atoms with Crippen molar-refractivity contribution in [2.24, 2.45) is 11.3 Å². The van der Waals surface area contributed by atoms with Crippen LogP contribution in [0.4, 0.5) is 18.4 Å². The van der Waals surface area contributed by atoms with Crippen molar-refractivity contribution in [3.8, 4) is 33.5 Å². The van der Waals surface area contributed by atoms with Crippen molar-refractivity contribution in [2.75, 3.05) is 6.54 Å². The number of aromatic nitrogens is 4. The first-order valence-corrected chi connectivity index (χ1v) is 20.2. The number of amides is 2. The van der Waals surface area contributed by atoms with Crippen molar-refractivity contribution < 1.29 is 27.8 Å². The zero-order valence-corrected chi connectivity index (χ0v) is 33.2. The van der Waals surface area contributed by atoms with E-state index in [1.54, 1.807) is 35.4 Å². The van der Waals surface area contributed by atoms with Crippen LogP contribution in [-0.2, 0) is 15.4 Å². The number of fused-ring (bicyclic) bond motifs is 6. The van der Waals surface area contributed by atoms with Crippen molar-refractivity contribution in [1.82, 2.24) is 29.7 Å². The summed E-state index contributed by atoms with van der Waals surface area (Å²) in [7, 11) is 0. The Balaban J connectivity index is 0.910. The van der Waals surface area contributed by atoms with Gasteiger partial charge in [-0.1, -0.05) is 30.3 Å². The van der Waals surface area contributed by atoms with E-state index >= 15 is 8.78 Å². The summed E-state index contributed by atoms with van der Waals surface area (Å²) in [6.45, 7) is 11.8. The maximum absolute atomic E-state index is 16.5. The van der Waals surface area contributed by atoms with E-state index in [9.17, 15) is 9.59 Å². The number of rotatable bonds is 4. The molecular weight excluding hydrogens is 727 g/mol. The molecule has 12 heteroatoms. The molecule has 57 heavy (non-hydrogen) atoms. The summed E-state index contributed by atoms with van der Waals surface area (Å²) >= 11 is 0. The summed E-state index contributed by atoms with van der Waals surface area (Å²) in [5, 5.41) is 0. The second kappa shape index (κ2) is 12.1. The molecule has 2 amide bonds. The number of piperidine rings is 1. The van der Waals surface area contributed by atoms with Gasteiger partial charge >= 0.3 is 12.2 Å². The third-order valence-corrected chi connectivity index (χ3v) is 12.6. The van der Waals surface area contributed by atoms with E-state index in [2.05, 4.69) is 15.0 Å². The van der Waals surface area contributed by atoms with E-state index in [-0.39, 0.29) is 46.9 Å². The van der Waals surface area contributed by atoms with E-state index in [1.807, 2.05) is 76.8 Å². The Labute approximate surface area is 330 Å². The van der Waals surface area contributed by atoms with Crippen LogP contribution >= 0.6 is 0 Å². The number of hydrogen-bond donors (Lipinski definition) is 2. The topological polar surface area (TPSA) is 116 Å². The first kappa shape index (κ1) is 36.1. The summed E-state index contributed by atoms with van der Waals surface area (Å²) in [5.41, 5.74) is 4.02. The normalized spacial score (nSPS) is 24.0. The van der Waals surface area contributed by atoms with E-state index in [4.69, 9.17) is 14.5 Å². The molecule has 2 saturated carbocycles. The second-order valence-electron chi connectivity index (χ2n) is 19.0. The quantitative estimate of drug-likeness (QED) is 0.188. The Bertz CT molecular complexity index is 2470. The summed E-state index contributed by atoms with van der Waals surface area (Å²) in [4.78, 5) is 46.6.